The van der Waals surface area contributed by atoms with E-state index >= 15 is 0 Å². The molecule has 5 nitrogen and oxygen atoms in total. The minimum absolute atomic E-state index is 0.291. The second-order valence-electron chi connectivity index (χ2n) is 2.73. The normalized spacial score (nSPS) is 10.1. The highest BCUT2D eigenvalue weighted by Crippen LogP contribution is 2.07. The van der Waals surface area contributed by atoms with Crippen molar-refractivity contribution in [2.75, 3.05) is 13.2 Å². The summed E-state index contributed by atoms with van der Waals surface area (Å²) in [5, 5.41) is 6.11. The highest BCUT2D eigenvalue weighted by Gasteiger charge is 1.97. The summed E-state index contributed by atoms with van der Waals surface area (Å²) >= 11 is 1.61. The fraction of sp³-hybridized carbons (Fsp3) is 0.500. The van der Waals surface area contributed by atoms with Crippen LogP contribution in [-0.2, 0) is 11.3 Å². The number of carbonyl (C=O) groups excluding carboxylic acids is 1. The van der Waals surface area contributed by atoms with Gasteiger partial charge in [-0.05, 0) is 6.92 Å². The van der Waals surface area contributed by atoms with Crippen LogP contribution in [0.4, 0.5) is 4.79 Å². The fourth-order valence-corrected chi connectivity index (χ4v) is 1.64. The maximum atomic E-state index is 10.2. The molecule has 78 valence electrons. The van der Waals surface area contributed by atoms with Gasteiger partial charge in [-0.3, -0.25) is 0 Å². The van der Waals surface area contributed by atoms with Crippen LogP contribution >= 0.6 is 11.3 Å². The lowest BCUT2D eigenvalue weighted by molar-refractivity contribution is 0.157. The summed E-state index contributed by atoms with van der Waals surface area (Å²) < 4.78 is 4.54. The molecule has 0 aliphatic carbocycles. The van der Waals surface area contributed by atoms with Gasteiger partial charge in [-0.15, -0.1) is 11.3 Å². The molecule has 0 aliphatic rings. The average Bonchev–Trinajstić information content (AvgIpc) is 2.50. The summed E-state index contributed by atoms with van der Waals surface area (Å²) in [5.74, 6) is 0. The van der Waals surface area contributed by atoms with E-state index in [1.807, 2.05) is 12.3 Å². The van der Waals surface area contributed by atoms with Crippen molar-refractivity contribution in [1.82, 2.24) is 10.3 Å². The summed E-state index contributed by atoms with van der Waals surface area (Å²) in [4.78, 5) is 14.5. The number of aromatic nitrogens is 1. The van der Waals surface area contributed by atoms with Crippen LogP contribution in [0, 0.1) is 6.92 Å². The van der Waals surface area contributed by atoms with Gasteiger partial charge in [0.2, 0.25) is 0 Å². The number of nitrogens with zero attached hydrogens (tertiary/aromatic N) is 1. The monoisotopic (exact) mass is 215 g/mol. The molecule has 0 unspecified atom stereocenters. The van der Waals surface area contributed by atoms with E-state index in [0.717, 1.165) is 10.7 Å². The van der Waals surface area contributed by atoms with Gasteiger partial charge < -0.3 is 15.8 Å². The highest BCUT2D eigenvalue weighted by molar-refractivity contribution is 7.09. The Hall–Kier alpha value is -1.14. The van der Waals surface area contributed by atoms with E-state index in [4.69, 9.17) is 5.73 Å². The molecule has 1 rings (SSSR count). The average molecular weight is 215 g/mol. The predicted octanol–water partition coefficient (Wildman–Crippen LogP) is 0.636. The zero-order valence-corrected chi connectivity index (χ0v) is 8.76. The number of thiazole rings is 1. The van der Waals surface area contributed by atoms with Crippen LogP contribution in [0.15, 0.2) is 5.38 Å². The molecule has 1 amide bonds. The number of hydrogen-bond acceptors (Lipinski definition) is 5. The molecule has 14 heavy (non-hydrogen) atoms. The van der Waals surface area contributed by atoms with Crippen molar-refractivity contribution >= 4 is 17.4 Å². The van der Waals surface area contributed by atoms with Crippen LogP contribution in [0.25, 0.3) is 0 Å². The third-order valence-corrected chi connectivity index (χ3v) is 2.43. The molecule has 6 heteroatoms. The van der Waals surface area contributed by atoms with Crippen LogP contribution in [-0.4, -0.2) is 24.2 Å². The Labute approximate surface area is 86.3 Å². The summed E-state index contributed by atoms with van der Waals surface area (Å²) in [5.41, 5.74) is 5.82. The first-order valence-electron chi connectivity index (χ1n) is 4.22. The van der Waals surface area contributed by atoms with Crippen molar-refractivity contribution in [3.8, 4) is 0 Å². The number of rotatable bonds is 5. The maximum absolute atomic E-state index is 10.2. The second-order valence-corrected chi connectivity index (χ2v) is 3.67. The van der Waals surface area contributed by atoms with Crippen LogP contribution in [0.3, 0.4) is 0 Å². The van der Waals surface area contributed by atoms with Gasteiger partial charge >= 0.3 is 6.09 Å². The first-order chi connectivity index (χ1) is 6.68. The Balaban J connectivity index is 2.07. The molecule has 0 aromatic carbocycles. The van der Waals surface area contributed by atoms with E-state index in [0.29, 0.717) is 19.7 Å². The van der Waals surface area contributed by atoms with Crippen LogP contribution < -0.4 is 11.1 Å². The molecule has 1 aromatic rings. The molecule has 0 spiro atoms. The van der Waals surface area contributed by atoms with Crippen molar-refractivity contribution in [2.24, 2.45) is 5.73 Å². The zero-order valence-electron chi connectivity index (χ0n) is 7.95. The number of nitrogens with one attached hydrogen (secondary N) is 1. The maximum Gasteiger partial charge on any atom is 0.404 e. The van der Waals surface area contributed by atoms with Gasteiger partial charge in [0.25, 0.3) is 0 Å². The quantitative estimate of drug-likeness (QED) is 0.706. The first-order valence-corrected chi connectivity index (χ1v) is 5.10. The number of carbonyl (C=O) groups is 1. The van der Waals surface area contributed by atoms with Crippen molar-refractivity contribution in [2.45, 2.75) is 13.5 Å². The minimum atomic E-state index is -0.739. The molecular weight excluding hydrogens is 202 g/mol. The SMILES string of the molecule is Cc1csc(CNCCOC(N)=O)n1. The fourth-order valence-electron chi connectivity index (χ4n) is 0.903. The van der Waals surface area contributed by atoms with Gasteiger partial charge in [0, 0.05) is 24.2 Å². The topological polar surface area (TPSA) is 77.2 Å². The first kappa shape index (κ1) is 10.9. The Morgan fingerprint density at radius 1 is 1.79 bits per heavy atom. The van der Waals surface area contributed by atoms with Gasteiger partial charge in [-0.25, -0.2) is 9.78 Å². The molecule has 0 atom stereocenters. The third-order valence-electron chi connectivity index (χ3n) is 1.47. The lowest BCUT2D eigenvalue weighted by Gasteiger charge is -2.02. The molecule has 0 saturated heterocycles. The van der Waals surface area contributed by atoms with Crippen molar-refractivity contribution in [1.29, 1.82) is 0 Å². The molecule has 3 N–H and O–H groups in total. The van der Waals surface area contributed by atoms with Gasteiger partial charge in [0.1, 0.15) is 11.6 Å². The molecular formula is C8H13N3O2S. The largest absolute Gasteiger partial charge is 0.448 e. The molecule has 0 aliphatic heterocycles. The van der Waals surface area contributed by atoms with E-state index < -0.39 is 6.09 Å². The third kappa shape index (κ3) is 4.20. The van der Waals surface area contributed by atoms with Gasteiger partial charge in [0.05, 0.1) is 0 Å². The Morgan fingerprint density at radius 2 is 2.57 bits per heavy atom. The summed E-state index contributed by atoms with van der Waals surface area (Å²) in [6, 6.07) is 0. The predicted molar refractivity (Wildman–Crippen MR) is 54.1 cm³/mol. The van der Waals surface area contributed by atoms with Crippen LogP contribution in [0.2, 0.25) is 0 Å². The highest BCUT2D eigenvalue weighted by atomic mass is 32.1. The van der Waals surface area contributed by atoms with E-state index in [1.54, 1.807) is 11.3 Å². The number of primary amides is 1. The Morgan fingerprint density at radius 3 is 3.14 bits per heavy atom. The smallest absolute Gasteiger partial charge is 0.404 e. The van der Waals surface area contributed by atoms with E-state index in [-0.39, 0.29) is 0 Å². The Kier molecular flexibility index (Phi) is 4.34. The van der Waals surface area contributed by atoms with E-state index in [1.165, 1.54) is 0 Å². The molecule has 0 radical (unpaired) electrons. The molecule has 0 saturated carbocycles. The Bertz CT molecular complexity index is 301. The lowest BCUT2D eigenvalue weighted by atomic mass is 10.5. The number of nitrogens with two attached hydrogens (primary N) is 1. The van der Waals surface area contributed by atoms with Gasteiger partial charge in [0.15, 0.2) is 0 Å². The van der Waals surface area contributed by atoms with Crippen molar-refractivity contribution in [3.63, 3.8) is 0 Å². The molecule has 0 bridgehead atoms. The summed E-state index contributed by atoms with van der Waals surface area (Å²) in [7, 11) is 0. The number of ether oxygens (including phenoxy) is 1. The van der Waals surface area contributed by atoms with Gasteiger partial charge in [-0.1, -0.05) is 0 Å². The molecule has 1 heterocycles. The second kappa shape index (κ2) is 5.56. The molecule has 0 fully saturated rings. The standard InChI is InChI=1S/C8H13N3O2S/c1-6-5-14-7(11-6)4-10-2-3-13-8(9)12/h5,10H,2-4H2,1H3,(H2,9,12). The summed E-state index contributed by atoms with van der Waals surface area (Å²) in [6.07, 6.45) is -0.739. The minimum Gasteiger partial charge on any atom is -0.448 e. The van der Waals surface area contributed by atoms with Gasteiger partial charge in [-0.2, -0.15) is 0 Å². The number of aryl methyl sites for hydroxylation is 1. The van der Waals surface area contributed by atoms with Crippen molar-refractivity contribution in [3.05, 3.63) is 16.1 Å². The number of amides is 1. The van der Waals surface area contributed by atoms with Crippen LogP contribution in [0.5, 0.6) is 0 Å². The van der Waals surface area contributed by atoms with E-state index in [9.17, 15) is 4.79 Å². The zero-order chi connectivity index (χ0) is 10.4. The van der Waals surface area contributed by atoms with Crippen molar-refractivity contribution < 1.29 is 9.53 Å². The summed E-state index contributed by atoms with van der Waals surface area (Å²) in [6.45, 7) is 3.53. The van der Waals surface area contributed by atoms with Crippen LogP contribution in [0.1, 0.15) is 10.7 Å². The van der Waals surface area contributed by atoms with E-state index in [2.05, 4.69) is 15.0 Å². The lowest BCUT2D eigenvalue weighted by Crippen LogP contribution is -2.23. The molecule has 1 aromatic heterocycles. The number of hydrogen-bond donors (Lipinski definition) is 2.